The predicted molar refractivity (Wildman–Crippen MR) is 146 cm³/mol. The molecule has 0 aromatic carbocycles. The summed E-state index contributed by atoms with van der Waals surface area (Å²) in [6, 6.07) is -1.33. The number of nitrogens with one attached hydrogen (secondary N) is 3. The van der Waals surface area contributed by atoms with Gasteiger partial charge in [0.1, 0.15) is 18.1 Å². The van der Waals surface area contributed by atoms with Crippen LogP contribution >= 0.6 is 0 Å². The smallest absolute Gasteiger partial charge is 0.251 e. The molecule has 1 aromatic rings. The summed E-state index contributed by atoms with van der Waals surface area (Å²) in [6.07, 6.45) is 4.58. The van der Waals surface area contributed by atoms with Gasteiger partial charge in [-0.3, -0.25) is 19.2 Å². The number of nitrogens with zero attached hydrogens (tertiary/aromatic N) is 1. The van der Waals surface area contributed by atoms with Crippen LogP contribution in [0.5, 0.6) is 0 Å². The fourth-order valence-corrected chi connectivity index (χ4v) is 7.25. The van der Waals surface area contributed by atoms with Gasteiger partial charge in [0.15, 0.2) is 0 Å². The molecule has 5 atom stereocenters. The van der Waals surface area contributed by atoms with Crippen LogP contribution in [0.4, 0.5) is 0 Å². The summed E-state index contributed by atoms with van der Waals surface area (Å²) in [6.45, 7) is 9.62. The average molecular weight is 564 g/mol. The number of carbonyl (C=O) groups excluding carboxylic acids is 3. The molecular weight excluding hydrogens is 522 g/mol. The van der Waals surface area contributed by atoms with E-state index in [4.69, 9.17) is 5.73 Å². The number of nitrogens with two attached hydrogens (primary N) is 1. The first-order chi connectivity index (χ1) is 17.9. The summed E-state index contributed by atoms with van der Waals surface area (Å²) in [5.74, 6) is -1.90. The van der Waals surface area contributed by atoms with Gasteiger partial charge in [-0.2, -0.15) is 0 Å². The molecule has 1 aliphatic heterocycles. The standard InChI is InChI=1S/C27H41N5O6S/c1-26(2,3)21(31-39(6,37)38)25(36)32-13-16-19(27(16,4)5)20(32)24(35)30-18(22(28)33)12-15-11-14-9-7-8-10-17(14)29-23(15)34/h11,16,18-21,31H,7-10,12-13H2,1-6H3,(H2,28,33)(H,29,34)(H,30,35)/t16-,18?,19-,20-,21+/m0/s1. The van der Waals surface area contributed by atoms with E-state index in [0.717, 1.165) is 43.2 Å². The van der Waals surface area contributed by atoms with Gasteiger partial charge in [0.2, 0.25) is 27.7 Å². The molecule has 1 aromatic heterocycles. The van der Waals surface area contributed by atoms with E-state index in [2.05, 4.69) is 15.0 Å². The molecule has 2 heterocycles. The van der Waals surface area contributed by atoms with Crippen molar-refractivity contribution < 1.29 is 22.8 Å². The molecule has 5 N–H and O–H groups in total. The zero-order chi connectivity index (χ0) is 29.1. The van der Waals surface area contributed by atoms with Crippen molar-refractivity contribution in [3.63, 3.8) is 0 Å². The molecule has 216 valence electrons. The van der Waals surface area contributed by atoms with Crippen LogP contribution in [0.25, 0.3) is 0 Å². The second-order valence-corrected chi connectivity index (χ2v) is 14.9. The number of amides is 3. The topological polar surface area (TPSA) is 172 Å². The number of H-pyrrole nitrogens is 1. The largest absolute Gasteiger partial charge is 0.368 e. The van der Waals surface area contributed by atoms with Gasteiger partial charge in [-0.25, -0.2) is 13.1 Å². The van der Waals surface area contributed by atoms with Crippen molar-refractivity contribution in [1.29, 1.82) is 0 Å². The third-order valence-corrected chi connectivity index (χ3v) is 9.37. The lowest BCUT2D eigenvalue weighted by Crippen LogP contribution is -2.60. The Hall–Kier alpha value is -2.73. The number of rotatable bonds is 8. The van der Waals surface area contributed by atoms with Crippen LogP contribution < -0.4 is 21.3 Å². The molecule has 4 rings (SSSR count). The first kappa shape index (κ1) is 29.3. The lowest BCUT2D eigenvalue weighted by Gasteiger charge is -2.37. The van der Waals surface area contributed by atoms with Crippen LogP contribution in [0, 0.1) is 22.7 Å². The number of carbonyl (C=O) groups is 3. The van der Waals surface area contributed by atoms with Crippen molar-refractivity contribution in [2.75, 3.05) is 12.8 Å². The number of pyridine rings is 1. The summed E-state index contributed by atoms with van der Waals surface area (Å²) in [5.41, 5.74) is 6.72. The van der Waals surface area contributed by atoms with E-state index in [-0.39, 0.29) is 29.2 Å². The summed E-state index contributed by atoms with van der Waals surface area (Å²) in [7, 11) is -3.71. The van der Waals surface area contributed by atoms with Gasteiger partial charge >= 0.3 is 0 Å². The van der Waals surface area contributed by atoms with Gasteiger partial charge in [-0.05, 0) is 60.0 Å². The van der Waals surface area contributed by atoms with Crippen LogP contribution in [-0.2, 0) is 43.7 Å². The lowest BCUT2D eigenvalue weighted by atomic mass is 9.86. The summed E-state index contributed by atoms with van der Waals surface area (Å²) >= 11 is 0. The number of aromatic amines is 1. The number of primary amides is 1. The molecule has 0 radical (unpaired) electrons. The average Bonchev–Trinajstić information content (AvgIpc) is 3.14. The zero-order valence-electron chi connectivity index (χ0n) is 23.6. The number of piperidine rings is 1. The summed E-state index contributed by atoms with van der Waals surface area (Å²) in [5, 5.41) is 2.72. The summed E-state index contributed by atoms with van der Waals surface area (Å²) in [4.78, 5) is 57.0. The van der Waals surface area contributed by atoms with Crippen molar-refractivity contribution in [3.05, 3.63) is 33.2 Å². The van der Waals surface area contributed by atoms with Crippen molar-refractivity contribution in [2.45, 2.75) is 84.8 Å². The van der Waals surface area contributed by atoms with E-state index < -0.39 is 51.3 Å². The maximum absolute atomic E-state index is 13.7. The monoisotopic (exact) mass is 563 g/mol. The SMILES string of the molecule is CC(C)(C)[C@H](NS(C)(=O)=O)C(=O)N1C[C@H]2[C@@H]([C@H]1C(=O)NC(Cc1cc3c([nH]c1=O)CCCC3)C(N)=O)C2(C)C. The minimum atomic E-state index is -3.71. The Kier molecular flexibility index (Phi) is 7.52. The van der Waals surface area contributed by atoms with Gasteiger partial charge in [0, 0.05) is 24.2 Å². The third kappa shape index (κ3) is 5.91. The predicted octanol–water partition coefficient (Wildman–Crippen LogP) is 0.213. The van der Waals surface area contributed by atoms with Crippen LogP contribution in [0.2, 0.25) is 0 Å². The molecule has 1 saturated heterocycles. The quantitative estimate of drug-likeness (QED) is 0.352. The van der Waals surface area contributed by atoms with Crippen LogP contribution in [0.15, 0.2) is 10.9 Å². The van der Waals surface area contributed by atoms with Gasteiger partial charge in [-0.1, -0.05) is 34.6 Å². The molecule has 1 unspecified atom stereocenters. The van der Waals surface area contributed by atoms with Gasteiger partial charge in [-0.15, -0.1) is 0 Å². The fraction of sp³-hybridized carbons (Fsp3) is 0.704. The van der Waals surface area contributed by atoms with E-state index in [1.807, 2.05) is 13.8 Å². The Morgan fingerprint density at radius 3 is 2.44 bits per heavy atom. The Bertz CT molecular complexity index is 1350. The van der Waals surface area contributed by atoms with Crippen molar-refractivity contribution in [2.24, 2.45) is 28.4 Å². The highest BCUT2D eigenvalue weighted by atomic mass is 32.2. The van der Waals surface area contributed by atoms with Crippen LogP contribution in [0.3, 0.4) is 0 Å². The molecule has 0 spiro atoms. The maximum atomic E-state index is 13.7. The normalized spacial score (nSPS) is 25.3. The fourth-order valence-electron chi connectivity index (χ4n) is 6.37. The zero-order valence-corrected chi connectivity index (χ0v) is 24.4. The van der Waals surface area contributed by atoms with Gasteiger partial charge < -0.3 is 20.9 Å². The first-order valence-corrected chi connectivity index (χ1v) is 15.4. The number of aromatic nitrogens is 1. The third-order valence-electron chi connectivity index (χ3n) is 8.70. The van der Waals surface area contributed by atoms with E-state index in [1.165, 1.54) is 4.90 Å². The Labute approximate surface area is 229 Å². The highest BCUT2D eigenvalue weighted by Gasteiger charge is 2.69. The Morgan fingerprint density at radius 2 is 1.85 bits per heavy atom. The van der Waals surface area contributed by atoms with E-state index in [0.29, 0.717) is 12.1 Å². The van der Waals surface area contributed by atoms with Gasteiger partial charge in [0.25, 0.3) is 5.56 Å². The van der Waals surface area contributed by atoms with E-state index >= 15 is 0 Å². The van der Waals surface area contributed by atoms with Crippen molar-refractivity contribution >= 4 is 27.7 Å². The molecule has 11 nitrogen and oxygen atoms in total. The number of hydrogen-bond donors (Lipinski definition) is 4. The van der Waals surface area contributed by atoms with E-state index in [1.54, 1.807) is 26.8 Å². The molecule has 3 amide bonds. The van der Waals surface area contributed by atoms with E-state index in [9.17, 15) is 27.6 Å². The minimum Gasteiger partial charge on any atom is -0.368 e. The molecule has 12 heteroatoms. The van der Waals surface area contributed by atoms with Crippen molar-refractivity contribution in [3.8, 4) is 0 Å². The molecule has 39 heavy (non-hydrogen) atoms. The molecule has 3 aliphatic rings. The number of aryl methyl sites for hydroxylation is 2. The Balaban J connectivity index is 1.58. The Morgan fingerprint density at radius 1 is 1.21 bits per heavy atom. The second-order valence-electron chi connectivity index (χ2n) is 13.1. The first-order valence-electron chi connectivity index (χ1n) is 13.5. The number of fused-ring (bicyclic) bond motifs is 2. The molecule has 2 fully saturated rings. The van der Waals surface area contributed by atoms with Gasteiger partial charge in [0.05, 0.1) is 6.26 Å². The molecule has 2 aliphatic carbocycles. The second kappa shape index (κ2) is 10.0. The highest BCUT2D eigenvalue weighted by molar-refractivity contribution is 7.88. The maximum Gasteiger partial charge on any atom is 0.251 e. The number of sulfonamides is 1. The summed E-state index contributed by atoms with van der Waals surface area (Å²) < 4.78 is 26.6. The highest BCUT2D eigenvalue weighted by Crippen LogP contribution is 2.65. The molecular formula is C27H41N5O6S. The van der Waals surface area contributed by atoms with Crippen molar-refractivity contribution in [1.82, 2.24) is 19.9 Å². The van der Waals surface area contributed by atoms with Crippen LogP contribution in [0.1, 0.15) is 64.3 Å². The minimum absolute atomic E-state index is 0.0616. The lowest BCUT2D eigenvalue weighted by molar-refractivity contribution is -0.144. The molecule has 1 saturated carbocycles. The van der Waals surface area contributed by atoms with Crippen LogP contribution in [-0.4, -0.2) is 66.9 Å². The number of hydrogen-bond acceptors (Lipinski definition) is 6. The number of likely N-dealkylation sites (tertiary alicyclic amines) is 1. The molecule has 0 bridgehead atoms.